The zero-order valence-electron chi connectivity index (χ0n) is 16.2. The van der Waals surface area contributed by atoms with Crippen molar-refractivity contribution in [2.45, 2.75) is 24.4 Å². The Balaban J connectivity index is 2.06. The molecule has 0 saturated carbocycles. The summed E-state index contributed by atoms with van der Waals surface area (Å²) in [6.07, 6.45) is 0. The van der Waals surface area contributed by atoms with Crippen molar-refractivity contribution in [3.8, 4) is 17.2 Å². The normalized spacial score (nSPS) is 12.1. The molecule has 2 aromatic rings. The molecule has 0 aliphatic heterocycles. The molecule has 2 aromatic carbocycles. The molecule has 1 amide bonds. The van der Waals surface area contributed by atoms with E-state index in [2.05, 4.69) is 10.0 Å². The fourth-order valence-corrected chi connectivity index (χ4v) is 3.74. The summed E-state index contributed by atoms with van der Waals surface area (Å²) in [5.41, 5.74) is 0.785. The van der Waals surface area contributed by atoms with E-state index in [4.69, 9.17) is 14.2 Å². The highest BCUT2D eigenvalue weighted by molar-refractivity contribution is 7.89. The minimum absolute atomic E-state index is 0.0328. The third kappa shape index (κ3) is 5.14. The van der Waals surface area contributed by atoms with Crippen LogP contribution in [0, 0.1) is 0 Å². The summed E-state index contributed by atoms with van der Waals surface area (Å²) in [6, 6.07) is 10.5. The van der Waals surface area contributed by atoms with E-state index in [0.29, 0.717) is 11.5 Å². The fraction of sp³-hybridized carbons (Fsp3) is 0.316. The lowest BCUT2D eigenvalue weighted by molar-refractivity contribution is -0.122. The Morgan fingerprint density at radius 3 is 2.25 bits per heavy atom. The summed E-state index contributed by atoms with van der Waals surface area (Å²) in [4.78, 5) is 12.3. The van der Waals surface area contributed by atoms with Crippen molar-refractivity contribution in [3.63, 3.8) is 0 Å². The fourth-order valence-electron chi connectivity index (χ4n) is 2.52. The van der Waals surface area contributed by atoms with E-state index in [1.165, 1.54) is 39.3 Å². The Morgan fingerprint density at radius 2 is 1.61 bits per heavy atom. The van der Waals surface area contributed by atoms with Crippen LogP contribution in [0.3, 0.4) is 0 Å². The van der Waals surface area contributed by atoms with Crippen molar-refractivity contribution in [1.82, 2.24) is 10.0 Å². The van der Waals surface area contributed by atoms with Crippen molar-refractivity contribution in [2.24, 2.45) is 0 Å². The van der Waals surface area contributed by atoms with E-state index in [1.807, 2.05) is 18.2 Å². The van der Waals surface area contributed by atoms with Crippen molar-refractivity contribution >= 4 is 15.9 Å². The van der Waals surface area contributed by atoms with Gasteiger partial charge in [0.25, 0.3) is 0 Å². The van der Waals surface area contributed by atoms with Crippen LogP contribution < -0.4 is 24.2 Å². The quantitative estimate of drug-likeness (QED) is 0.655. The van der Waals surface area contributed by atoms with Crippen LogP contribution in [0.1, 0.15) is 12.5 Å². The molecule has 2 rings (SSSR count). The second-order valence-electron chi connectivity index (χ2n) is 5.89. The first-order valence-corrected chi connectivity index (χ1v) is 9.94. The molecular weight excluding hydrogens is 384 g/mol. The van der Waals surface area contributed by atoms with E-state index in [1.54, 1.807) is 13.2 Å². The molecule has 28 heavy (non-hydrogen) atoms. The molecule has 0 spiro atoms. The Hall–Kier alpha value is -2.78. The molecule has 1 unspecified atom stereocenters. The number of hydrogen-bond donors (Lipinski definition) is 2. The number of sulfonamides is 1. The number of ether oxygens (including phenoxy) is 3. The topological polar surface area (TPSA) is 103 Å². The SMILES string of the molecule is COc1ccccc1CNC(=O)C(C)NS(=O)(=O)c1ccc(OC)c(OC)c1. The van der Waals surface area contributed by atoms with Gasteiger partial charge in [-0.25, -0.2) is 8.42 Å². The molecule has 0 saturated heterocycles. The van der Waals surface area contributed by atoms with Crippen LogP contribution in [-0.4, -0.2) is 41.7 Å². The monoisotopic (exact) mass is 408 g/mol. The summed E-state index contributed by atoms with van der Waals surface area (Å²) < 4.78 is 43.0. The van der Waals surface area contributed by atoms with Gasteiger partial charge in [0.05, 0.1) is 32.3 Å². The molecular formula is C19H24N2O6S. The van der Waals surface area contributed by atoms with Gasteiger partial charge in [-0.05, 0) is 25.1 Å². The average molecular weight is 408 g/mol. The molecule has 0 radical (unpaired) electrons. The van der Waals surface area contributed by atoms with Crippen molar-refractivity contribution in [1.29, 1.82) is 0 Å². The summed E-state index contributed by atoms with van der Waals surface area (Å²) >= 11 is 0. The first-order valence-electron chi connectivity index (χ1n) is 8.46. The third-order valence-corrected chi connectivity index (χ3v) is 5.57. The van der Waals surface area contributed by atoms with Crippen molar-refractivity contribution < 1.29 is 27.4 Å². The van der Waals surface area contributed by atoms with Crippen LogP contribution in [-0.2, 0) is 21.4 Å². The highest BCUT2D eigenvalue weighted by Crippen LogP contribution is 2.29. The Morgan fingerprint density at radius 1 is 0.964 bits per heavy atom. The van der Waals surface area contributed by atoms with Gasteiger partial charge in [-0.3, -0.25) is 4.79 Å². The predicted molar refractivity (Wildman–Crippen MR) is 104 cm³/mol. The molecule has 0 heterocycles. The number of para-hydroxylation sites is 1. The highest BCUT2D eigenvalue weighted by Gasteiger charge is 2.23. The number of benzene rings is 2. The second kappa shape index (κ2) is 9.43. The minimum Gasteiger partial charge on any atom is -0.496 e. The highest BCUT2D eigenvalue weighted by atomic mass is 32.2. The lowest BCUT2D eigenvalue weighted by Crippen LogP contribution is -2.44. The van der Waals surface area contributed by atoms with Gasteiger partial charge in [-0.2, -0.15) is 4.72 Å². The first kappa shape index (κ1) is 21.5. The van der Waals surface area contributed by atoms with Gasteiger partial charge in [-0.1, -0.05) is 18.2 Å². The second-order valence-corrected chi connectivity index (χ2v) is 7.60. The zero-order chi connectivity index (χ0) is 20.7. The van der Waals surface area contributed by atoms with Crippen molar-refractivity contribution in [3.05, 3.63) is 48.0 Å². The van der Waals surface area contributed by atoms with Gasteiger partial charge in [0, 0.05) is 18.2 Å². The first-order chi connectivity index (χ1) is 13.3. The van der Waals surface area contributed by atoms with Crippen LogP contribution in [0.4, 0.5) is 0 Å². The smallest absolute Gasteiger partial charge is 0.241 e. The summed E-state index contributed by atoms with van der Waals surface area (Å²) in [6.45, 7) is 1.68. The molecule has 0 aliphatic carbocycles. The lowest BCUT2D eigenvalue weighted by atomic mass is 10.2. The summed E-state index contributed by atoms with van der Waals surface area (Å²) in [7, 11) is 0.482. The number of carbonyl (C=O) groups excluding carboxylic acids is 1. The maximum absolute atomic E-state index is 12.6. The molecule has 152 valence electrons. The van der Waals surface area contributed by atoms with Crippen LogP contribution >= 0.6 is 0 Å². The maximum Gasteiger partial charge on any atom is 0.241 e. The Labute approximate surface area is 164 Å². The van der Waals surface area contributed by atoms with E-state index in [-0.39, 0.29) is 17.2 Å². The molecule has 0 fully saturated rings. The van der Waals surface area contributed by atoms with Gasteiger partial charge in [0.2, 0.25) is 15.9 Å². The van der Waals surface area contributed by atoms with Gasteiger partial charge < -0.3 is 19.5 Å². The van der Waals surface area contributed by atoms with Gasteiger partial charge in [0.1, 0.15) is 5.75 Å². The predicted octanol–water partition coefficient (Wildman–Crippen LogP) is 1.70. The molecule has 2 N–H and O–H groups in total. The van der Waals surface area contributed by atoms with Gasteiger partial charge in [-0.15, -0.1) is 0 Å². The van der Waals surface area contributed by atoms with Crippen LogP contribution in [0.5, 0.6) is 17.2 Å². The summed E-state index contributed by atoms with van der Waals surface area (Å²) in [5.74, 6) is 0.860. The van der Waals surface area contributed by atoms with E-state index in [9.17, 15) is 13.2 Å². The summed E-state index contributed by atoms with van der Waals surface area (Å²) in [5, 5.41) is 2.70. The van der Waals surface area contributed by atoms with E-state index < -0.39 is 22.0 Å². The minimum atomic E-state index is -3.93. The van der Waals surface area contributed by atoms with Crippen molar-refractivity contribution in [2.75, 3.05) is 21.3 Å². The molecule has 1 atom stereocenters. The Bertz CT molecular complexity index is 930. The third-order valence-electron chi connectivity index (χ3n) is 4.04. The average Bonchev–Trinajstić information content (AvgIpc) is 2.71. The number of carbonyl (C=O) groups is 1. The number of rotatable bonds is 9. The molecule has 0 aliphatic rings. The molecule has 0 aromatic heterocycles. The van der Waals surface area contributed by atoms with Crippen LogP contribution in [0.15, 0.2) is 47.4 Å². The zero-order valence-corrected chi connectivity index (χ0v) is 17.0. The lowest BCUT2D eigenvalue weighted by Gasteiger charge is -2.16. The number of amides is 1. The molecule has 8 nitrogen and oxygen atoms in total. The maximum atomic E-state index is 12.6. The molecule has 9 heteroatoms. The van der Waals surface area contributed by atoms with Gasteiger partial charge >= 0.3 is 0 Å². The van der Waals surface area contributed by atoms with E-state index in [0.717, 1.165) is 5.56 Å². The van der Waals surface area contributed by atoms with Crippen LogP contribution in [0.2, 0.25) is 0 Å². The molecule has 0 bridgehead atoms. The number of hydrogen-bond acceptors (Lipinski definition) is 6. The standard InChI is InChI=1S/C19H24N2O6S/c1-13(19(22)20-12-14-7-5-6-8-16(14)25-2)21-28(23,24)15-9-10-17(26-3)18(11-15)27-4/h5-11,13,21H,12H2,1-4H3,(H,20,22). The number of methoxy groups -OCH3 is 3. The van der Waals surface area contributed by atoms with Gasteiger partial charge in [0.15, 0.2) is 11.5 Å². The van der Waals surface area contributed by atoms with Crippen LogP contribution in [0.25, 0.3) is 0 Å². The number of nitrogens with one attached hydrogen (secondary N) is 2. The Kier molecular flexibility index (Phi) is 7.24. The largest absolute Gasteiger partial charge is 0.496 e. The van der Waals surface area contributed by atoms with E-state index >= 15 is 0 Å².